The second-order valence-corrected chi connectivity index (χ2v) is 10.5. The first-order valence-corrected chi connectivity index (χ1v) is 12.3. The van der Waals surface area contributed by atoms with Crippen LogP contribution >= 0.6 is 11.3 Å². The van der Waals surface area contributed by atoms with Gasteiger partial charge in [0.2, 0.25) is 0 Å². The van der Waals surface area contributed by atoms with Crippen molar-refractivity contribution in [1.29, 1.82) is 0 Å². The summed E-state index contributed by atoms with van der Waals surface area (Å²) < 4.78 is 42.7. The fourth-order valence-corrected chi connectivity index (χ4v) is 4.80. The van der Waals surface area contributed by atoms with Crippen molar-refractivity contribution in [2.75, 3.05) is 6.54 Å². The molecule has 0 saturated heterocycles. The van der Waals surface area contributed by atoms with E-state index in [0.717, 1.165) is 22.9 Å². The lowest BCUT2D eigenvalue weighted by atomic mass is 9.99. The third-order valence-corrected chi connectivity index (χ3v) is 6.60. The van der Waals surface area contributed by atoms with Crippen LogP contribution in [0.3, 0.4) is 0 Å². The maximum Gasteiger partial charge on any atom is 0.416 e. The van der Waals surface area contributed by atoms with E-state index in [0.29, 0.717) is 24.5 Å². The lowest BCUT2D eigenvalue weighted by Gasteiger charge is -2.33. The molecule has 0 bridgehead atoms. The van der Waals surface area contributed by atoms with Gasteiger partial charge < -0.3 is 0 Å². The highest BCUT2D eigenvalue weighted by atomic mass is 32.1. The number of hydrogen-bond acceptors (Lipinski definition) is 5. The molecule has 0 radical (unpaired) electrons. The second kappa shape index (κ2) is 10.3. The van der Waals surface area contributed by atoms with E-state index in [4.69, 9.17) is 0 Å². The number of halogens is 3. The molecule has 9 heteroatoms. The minimum atomic E-state index is -4.45. The van der Waals surface area contributed by atoms with Crippen molar-refractivity contribution in [3.63, 3.8) is 0 Å². The standard InChI is InChI=1S/C26H28F3N5S/c1-25(2,3)34-24(30-31-32-34)23(20-11-7-12-21(17-20)26(27,28)29)33(18-22-13-8-16-35-22)15-14-19-9-5-4-6-10-19/h4-13,16-17,23H,14-15,18H2,1-3H3. The van der Waals surface area contributed by atoms with Crippen molar-refractivity contribution >= 4 is 11.3 Å². The molecule has 2 aromatic carbocycles. The minimum Gasteiger partial charge on any atom is -0.284 e. The molecule has 0 spiro atoms. The number of alkyl halides is 3. The average molecular weight is 500 g/mol. The van der Waals surface area contributed by atoms with Gasteiger partial charge in [0, 0.05) is 18.0 Å². The lowest BCUT2D eigenvalue weighted by molar-refractivity contribution is -0.137. The third kappa shape index (κ3) is 6.15. The van der Waals surface area contributed by atoms with E-state index < -0.39 is 23.3 Å². The highest BCUT2D eigenvalue weighted by Gasteiger charge is 2.35. The van der Waals surface area contributed by atoms with Crippen molar-refractivity contribution in [2.24, 2.45) is 0 Å². The van der Waals surface area contributed by atoms with Crippen LogP contribution in [0.4, 0.5) is 13.2 Å². The molecule has 0 saturated carbocycles. The van der Waals surface area contributed by atoms with E-state index in [1.807, 2.05) is 56.5 Å². The number of thiophene rings is 1. The molecule has 0 amide bonds. The van der Waals surface area contributed by atoms with Gasteiger partial charge in [0.25, 0.3) is 0 Å². The summed E-state index contributed by atoms with van der Waals surface area (Å²) in [6.07, 6.45) is -3.71. The van der Waals surface area contributed by atoms with Crippen molar-refractivity contribution in [1.82, 2.24) is 25.1 Å². The maximum atomic E-state index is 13.7. The van der Waals surface area contributed by atoms with Crippen LogP contribution in [-0.2, 0) is 24.7 Å². The molecule has 0 aliphatic rings. The Hall–Kier alpha value is -3.04. The van der Waals surface area contributed by atoms with Crippen LogP contribution in [0.5, 0.6) is 0 Å². The highest BCUT2D eigenvalue weighted by Crippen LogP contribution is 2.36. The largest absolute Gasteiger partial charge is 0.416 e. The van der Waals surface area contributed by atoms with Crippen LogP contribution < -0.4 is 0 Å². The van der Waals surface area contributed by atoms with E-state index in [9.17, 15) is 13.2 Å². The molecule has 0 fully saturated rings. The zero-order valence-corrected chi connectivity index (χ0v) is 20.7. The summed E-state index contributed by atoms with van der Waals surface area (Å²) in [5.74, 6) is 0.515. The van der Waals surface area contributed by atoms with E-state index >= 15 is 0 Å². The zero-order valence-electron chi connectivity index (χ0n) is 19.9. The van der Waals surface area contributed by atoms with Crippen molar-refractivity contribution in [2.45, 2.75) is 51.5 Å². The van der Waals surface area contributed by atoms with Crippen LogP contribution in [-0.4, -0.2) is 31.7 Å². The number of benzene rings is 2. The number of aromatic nitrogens is 4. The smallest absolute Gasteiger partial charge is 0.284 e. The van der Waals surface area contributed by atoms with Gasteiger partial charge >= 0.3 is 6.18 Å². The molecule has 0 aliphatic carbocycles. The van der Waals surface area contributed by atoms with Crippen LogP contribution in [0.1, 0.15) is 54.2 Å². The Balaban J connectivity index is 1.82. The summed E-state index contributed by atoms with van der Waals surface area (Å²) in [5.41, 5.74) is 0.521. The first-order valence-electron chi connectivity index (χ1n) is 11.4. The van der Waals surface area contributed by atoms with Crippen LogP contribution in [0, 0.1) is 0 Å². The first-order chi connectivity index (χ1) is 16.6. The summed E-state index contributed by atoms with van der Waals surface area (Å²) in [7, 11) is 0. The van der Waals surface area contributed by atoms with E-state index in [-0.39, 0.29) is 0 Å². The Labute approximate surface area is 207 Å². The van der Waals surface area contributed by atoms with Crippen LogP contribution in [0.2, 0.25) is 0 Å². The van der Waals surface area contributed by atoms with E-state index in [1.165, 1.54) is 12.1 Å². The fraction of sp³-hybridized carbons (Fsp3) is 0.346. The molecule has 4 aromatic rings. The summed E-state index contributed by atoms with van der Waals surface area (Å²) in [6, 6.07) is 19.0. The Morgan fingerprint density at radius 2 is 1.74 bits per heavy atom. The van der Waals surface area contributed by atoms with Gasteiger partial charge in [0.15, 0.2) is 5.82 Å². The van der Waals surface area contributed by atoms with Gasteiger partial charge in [-0.1, -0.05) is 48.5 Å². The van der Waals surface area contributed by atoms with Gasteiger partial charge in [0.05, 0.1) is 17.1 Å². The molecule has 0 N–H and O–H groups in total. The number of nitrogens with zero attached hydrogens (tertiary/aromatic N) is 5. The SMILES string of the molecule is CC(C)(C)n1nnnc1C(c1cccc(C(F)(F)F)c1)N(CCc1ccccc1)Cc1cccs1. The molecule has 5 nitrogen and oxygen atoms in total. The van der Waals surface area contributed by atoms with Gasteiger partial charge in [-0.25, -0.2) is 4.68 Å². The van der Waals surface area contributed by atoms with Gasteiger partial charge in [-0.05, 0) is 72.3 Å². The quantitative estimate of drug-likeness (QED) is 0.284. The summed E-state index contributed by atoms with van der Waals surface area (Å²) in [4.78, 5) is 3.28. The Kier molecular flexibility index (Phi) is 7.37. The molecule has 35 heavy (non-hydrogen) atoms. The molecular weight excluding hydrogens is 471 g/mol. The fourth-order valence-electron chi connectivity index (χ4n) is 4.07. The monoisotopic (exact) mass is 499 g/mol. The molecular formula is C26H28F3N5S. The van der Waals surface area contributed by atoms with Crippen molar-refractivity contribution in [3.05, 3.63) is 99.5 Å². The molecule has 1 unspecified atom stereocenters. The lowest BCUT2D eigenvalue weighted by Crippen LogP contribution is -2.36. The summed E-state index contributed by atoms with van der Waals surface area (Å²) >= 11 is 1.62. The number of tetrazole rings is 1. The number of hydrogen-bond donors (Lipinski definition) is 0. The van der Waals surface area contributed by atoms with Gasteiger partial charge in [-0.2, -0.15) is 13.2 Å². The molecule has 0 aliphatic heterocycles. The Bertz CT molecular complexity index is 1210. The molecule has 2 aromatic heterocycles. The highest BCUT2D eigenvalue weighted by molar-refractivity contribution is 7.09. The van der Waals surface area contributed by atoms with E-state index in [2.05, 4.69) is 32.6 Å². The van der Waals surface area contributed by atoms with Crippen LogP contribution in [0.15, 0.2) is 72.1 Å². The Morgan fingerprint density at radius 1 is 0.971 bits per heavy atom. The van der Waals surface area contributed by atoms with Gasteiger partial charge in [0.1, 0.15) is 0 Å². The Morgan fingerprint density at radius 3 is 2.40 bits per heavy atom. The molecule has 184 valence electrons. The third-order valence-electron chi connectivity index (χ3n) is 5.74. The molecule has 4 rings (SSSR count). The predicted octanol–water partition coefficient (Wildman–Crippen LogP) is 6.34. The predicted molar refractivity (Wildman–Crippen MR) is 131 cm³/mol. The zero-order chi connectivity index (χ0) is 25.1. The van der Waals surface area contributed by atoms with E-state index in [1.54, 1.807) is 22.1 Å². The normalized spacial score (nSPS) is 13.3. The molecule has 2 heterocycles. The topological polar surface area (TPSA) is 46.8 Å². The van der Waals surface area contributed by atoms with Gasteiger partial charge in [-0.15, -0.1) is 16.4 Å². The van der Waals surface area contributed by atoms with Crippen LogP contribution in [0.25, 0.3) is 0 Å². The number of rotatable bonds is 8. The maximum absolute atomic E-state index is 13.7. The minimum absolute atomic E-state index is 0.452. The van der Waals surface area contributed by atoms with Gasteiger partial charge in [-0.3, -0.25) is 4.90 Å². The first kappa shape index (κ1) is 25.1. The summed E-state index contributed by atoms with van der Waals surface area (Å²) in [6.45, 7) is 7.10. The average Bonchev–Trinajstić information content (AvgIpc) is 3.50. The summed E-state index contributed by atoms with van der Waals surface area (Å²) in [5, 5.41) is 14.5. The second-order valence-electron chi connectivity index (χ2n) is 9.43. The van der Waals surface area contributed by atoms with Crippen molar-refractivity contribution < 1.29 is 13.2 Å². The van der Waals surface area contributed by atoms with Crippen molar-refractivity contribution in [3.8, 4) is 0 Å². The molecule has 1 atom stereocenters.